The van der Waals surface area contributed by atoms with Crippen molar-refractivity contribution in [2.45, 2.75) is 0 Å². The molecular weight excluding hydrogens is 256 g/mol. The van der Waals surface area contributed by atoms with Gasteiger partial charge >= 0.3 is 0 Å². The van der Waals surface area contributed by atoms with Gasteiger partial charge in [0.05, 0.1) is 20.3 Å². The Morgan fingerprint density at radius 3 is 2.80 bits per heavy atom. The van der Waals surface area contributed by atoms with E-state index < -0.39 is 0 Å². The molecule has 0 saturated carbocycles. The summed E-state index contributed by atoms with van der Waals surface area (Å²) in [6, 6.07) is 7.68. The highest BCUT2D eigenvalue weighted by Crippen LogP contribution is 2.22. The molecule has 3 rings (SSSR count). The number of carbonyl (C=O) groups excluding carboxylic acids is 1. The molecule has 0 unspecified atom stereocenters. The molecule has 1 N–H and O–H groups in total. The fraction of sp³-hybridized carbons (Fsp3) is 0.333. The van der Waals surface area contributed by atoms with Crippen LogP contribution >= 0.6 is 0 Å². The van der Waals surface area contributed by atoms with Crippen molar-refractivity contribution in [3.8, 4) is 5.75 Å². The average molecular weight is 273 g/mol. The molecule has 1 aliphatic rings. The zero-order chi connectivity index (χ0) is 13.9. The number of aromatic nitrogens is 1. The number of H-pyrrole nitrogens is 1. The number of aromatic amines is 1. The lowest BCUT2D eigenvalue weighted by atomic mass is 10.1. The number of aldehydes is 1. The molecular formula is C15H17N2O3+. The van der Waals surface area contributed by atoms with E-state index in [-0.39, 0.29) is 0 Å². The van der Waals surface area contributed by atoms with Crippen molar-refractivity contribution in [1.82, 2.24) is 0 Å². The predicted octanol–water partition coefficient (Wildman–Crippen LogP) is 1.31. The van der Waals surface area contributed by atoms with Gasteiger partial charge in [-0.25, -0.2) is 4.98 Å². The van der Waals surface area contributed by atoms with Crippen molar-refractivity contribution >= 4 is 23.0 Å². The Balaban J connectivity index is 2.10. The van der Waals surface area contributed by atoms with E-state index in [0.717, 1.165) is 41.8 Å². The molecule has 0 aliphatic carbocycles. The van der Waals surface area contributed by atoms with Gasteiger partial charge in [0.15, 0.2) is 6.29 Å². The summed E-state index contributed by atoms with van der Waals surface area (Å²) in [5.41, 5.74) is 1.63. The van der Waals surface area contributed by atoms with E-state index in [1.54, 1.807) is 7.11 Å². The van der Waals surface area contributed by atoms with Gasteiger partial charge in [0.25, 0.3) is 5.82 Å². The molecule has 1 saturated heterocycles. The first-order valence-electron chi connectivity index (χ1n) is 6.64. The van der Waals surface area contributed by atoms with Gasteiger partial charge in [-0.05, 0) is 18.2 Å². The van der Waals surface area contributed by atoms with Crippen LogP contribution in [0.1, 0.15) is 10.4 Å². The third kappa shape index (κ3) is 2.32. The highest BCUT2D eigenvalue weighted by atomic mass is 16.5. The van der Waals surface area contributed by atoms with Crippen molar-refractivity contribution < 1.29 is 19.3 Å². The second-order valence-electron chi connectivity index (χ2n) is 4.74. The van der Waals surface area contributed by atoms with Gasteiger partial charge in [0.2, 0.25) is 0 Å². The molecule has 0 bridgehead atoms. The Morgan fingerprint density at radius 2 is 2.10 bits per heavy atom. The van der Waals surface area contributed by atoms with E-state index in [2.05, 4.69) is 9.88 Å². The molecule has 0 radical (unpaired) electrons. The third-order valence-electron chi connectivity index (χ3n) is 3.55. The van der Waals surface area contributed by atoms with E-state index in [1.807, 2.05) is 24.3 Å². The molecule has 1 aliphatic heterocycles. The largest absolute Gasteiger partial charge is 0.497 e. The number of nitrogens with zero attached hydrogens (tertiary/aromatic N) is 1. The Kier molecular flexibility index (Phi) is 3.52. The summed E-state index contributed by atoms with van der Waals surface area (Å²) in [6.07, 6.45) is 0.894. The number of ether oxygens (including phenoxy) is 2. The van der Waals surface area contributed by atoms with Crippen LogP contribution in [-0.2, 0) is 4.74 Å². The third-order valence-corrected chi connectivity index (χ3v) is 3.55. The standard InChI is InChI=1S/C15H16N2O3/c1-19-13-3-2-11-8-12(10-18)15(16-14(11)9-13)17-4-6-20-7-5-17/h2-3,8-10H,4-7H2,1H3/p+1. The maximum absolute atomic E-state index is 11.3. The first-order chi connectivity index (χ1) is 9.81. The number of methoxy groups -OCH3 is 1. The lowest BCUT2D eigenvalue weighted by Gasteiger charge is -2.22. The van der Waals surface area contributed by atoms with Crippen LogP contribution in [0.5, 0.6) is 5.75 Å². The number of carbonyl (C=O) groups is 1. The molecule has 5 nitrogen and oxygen atoms in total. The highest BCUT2D eigenvalue weighted by Gasteiger charge is 2.23. The fourth-order valence-corrected chi connectivity index (χ4v) is 2.47. The lowest BCUT2D eigenvalue weighted by Crippen LogP contribution is -2.40. The topological polar surface area (TPSA) is 52.9 Å². The molecule has 20 heavy (non-hydrogen) atoms. The van der Waals surface area contributed by atoms with Crippen LogP contribution < -0.4 is 14.6 Å². The van der Waals surface area contributed by atoms with E-state index in [1.165, 1.54) is 0 Å². The summed E-state index contributed by atoms with van der Waals surface area (Å²) >= 11 is 0. The number of fused-ring (bicyclic) bond motifs is 1. The summed E-state index contributed by atoms with van der Waals surface area (Å²) in [6.45, 7) is 2.93. The van der Waals surface area contributed by atoms with Gasteiger partial charge in [-0.2, -0.15) is 0 Å². The summed E-state index contributed by atoms with van der Waals surface area (Å²) in [4.78, 5) is 16.8. The number of morpholine rings is 1. The molecule has 0 atom stereocenters. The Labute approximate surface area is 117 Å². The molecule has 5 heteroatoms. The second-order valence-corrected chi connectivity index (χ2v) is 4.74. The lowest BCUT2D eigenvalue weighted by molar-refractivity contribution is -0.331. The van der Waals surface area contributed by atoms with Gasteiger partial charge < -0.3 is 9.47 Å². The number of nitrogens with one attached hydrogen (secondary N) is 1. The molecule has 0 amide bonds. The first-order valence-corrected chi connectivity index (χ1v) is 6.64. The van der Waals surface area contributed by atoms with Crippen molar-refractivity contribution in [1.29, 1.82) is 0 Å². The number of hydrogen-bond donors (Lipinski definition) is 0. The second kappa shape index (κ2) is 5.46. The molecule has 1 aromatic carbocycles. The summed E-state index contributed by atoms with van der Waals surface area (Å²) in [5.74, 6) is 1.64. The van der Waals surface area contributed by atoms with Gasteiger partial charge in [0.1, 0.15) is 29.9 Å². The fourth-order valence-electron chi connectivity index (χ4n) is 2.47. The number of pyridine rings is 1. The Bertz CT molecular complexity index is 636. The molecule has 1 fully saturated rings. The van der Waals surface area contributed by atoms with Crippen LogP contribution in [-0.4, -0.2) is 39.7 Å². The summed E-state index contributed by atoms with van der Waals surface area (Å²) in [5, 5.41) is 0.991. The van der Waals surface area contributed by atoms with Gasteiger partial charge in [0, 0.05) is 11.5 Å². The molecule has 2 aromatic rings. The number of rotatable bonds is 3. The van der Waals surface area contributed by atoms with Crippen molar-refractivity contribution in [3.63, 3.8) is 0 Å². The number of benzene rings is 1. The summed E-state index contributed by atoms with van der Waals surface area (Å²) < 4.78 is 10.6. The Hall–Kier alpha value is -2.14. The maximum atomic E-state index is 11.3. The minimum Gasteiger partial charge on any atom is -0.497 e. The van der Waals surface area contributed by atoms with Crippen molar-refractivity contribution in [2.75, 3.05) is 38.3 Å². The van der Waals surface area contributed by atoms with Gasteiger partial charge in [-0.15, -0.1) is 0 Å². The first kappa shape index (κ1) is 12.9. The van der Waals surface area contributed by atoms with E-state index in [0.29, 0.717) is 18.8 Å². The smallest absolute Gasteiger partial charge is 0.285 e. The van der Waals surface area contributed by atoms with Crippen LogP contribution in [0.3, 0.4) is 0 Å². The number of hydrogen-bond acceptors (Lipinski definition) is 4. The zero-order valence-electron chi connectivity index (χ0n) is 11.4. The van der Waals surface area contributed by atoms with Crippen molar-refractivity contribution in [3.05, 3.63) is 29.8 Å². The van der Waals surface area contributed by atoms with Crippen molar-refractivity contribution in [2.24, 2.45) is 0 Å². The zero-order valence-corrected chi connectivity index (χ0v) is 11.4. The monoisotopic (exact) mass is 273 g/mol. The van der Waals surface area contributed by atoms with Crippen LogP contribution in [0.2, 0.25) is 0 Å². The maximum Gasteiger partial charge on any atom is 0.285 e. The van der Waals surface area contributed by atoms with Crippen LogP contribution in [0.15, 0.2) is 24.3 Å². The molecule has 1 aromatic heterocycles. The number of anilines is 1. The molecule has 2 heterocycles. The minimum atomic E-state index is 0.671. The van der Waals surface area contributed by atoms with Crippen LogP contribution in [0.4, 0.5) is 5.82 Å². The SMILES string of the molecule is COc1ccc2cc(C=O)c(N3CCOCC3)[nH+]c2c1. The minimum absolute atomic E-state index is 0.671. The van der Waals surface area contributed by atoms with Crippen LogP contribution in [0, 0.1) is 0 Å². The highest BCUT2D eigenvalue weighted by molar-refractivity contribution is 5.89. The van der Waals surface area contributed by atoms with Crippen LogP contribution in [0.25, 0.3) is 10.9 Å². The van der Waals surface area contributed by atoms with E-state index >= 15 is 0 Å². The molecule has 104 valence electrons. The normalized spacial score (nSPS) is 15.3. The molecule has 0 spiro atoms. The van der Waals surface area contributed by atoms with E-state index in [9.17, 15) is 4.79 Å². The average Bonchev–Trinajstić information content (AvgIpc) is 2.53. The summed E-state index contributed by atoms with van der Waals surface area (Å²) in [7, 11) is 1.64. The Morgan fingerprint density at radius 1 is 1.30 bits per heavy atom. The van der Waals surface area contributed by atoms with Gasteiger partial charge in [-0.1, -0.05) is 0 Å². The quantitative estimate of drug-likeness (QED) is 0.791. The predicted molar refractivity (Wildman–Crippen MR) is 75.5 cm³/mol. The van der Waals surface area contributed by atoms with E-state index in [4.69, 9.17) is 9.47 Å². The van der Waals surface area contributed by atoms with Gasteiger partial charge in [-0.3, -0.25) is 9.69 Å².